The molecule has 0 bridgehead atoms. The quantitative estimate of drug-likeness (QED) is 0.361. The van der Waals surface area contributed by atoms with Gasteiger partial charge in [-0.3, -0.25) is 0 Å². The zero-order chi connectivity index (χ0) is 2.71. The van der Waals surface area contributed by atoms with Gasteiger partial charge < -0.3 is 0 Å². The van der Waals surface area contributed by atoms with Gasteiger partial charge in [0.1, 0.15) is 0 Å². The Balaban J connectivity index is 0. The molecule has 0 heterocycles. The van der Waals surface area contributed by atoms with E-state index in [1.807, 2.05) is 0 Å². The predicted molar refractivity (Wildman–Crippen MR) is 11.3 cm³/mol. The van der Waals surface area contributed by atoms with Crippen molar-refractivity contribution in [2.75, 3.05) is 0 Å². The molecule has 0 saturated heterocycles. The first-order chi connectivity index (χ1) is 1.41. The van der Waals surface area contributed by atoms with Crippen LogP contribution >= 0.6 is 0 Å². The van der Waals surface area contributed by atoms with Gasteiger partial charge in [-0.1, -0.05) is 0 Å². The Morgan fingerprint density at radius 1 is 1.25 bits per heavy atom. The van der Waals surface area contributed by atoms with Crippen molar-refractivity contribution in [2.45, 2.75) is 0 Å². The van der Waals surface area contributed by atoms with E-state index in [0.29, 0.717) is 0 Å². The molecule has 0 rings (SSSR count). The third-order valence-electron chi connectivity index (χ3n) is 0. The minimum atomic E-state index is -1.81. The Morgan fingerprint density at radius 2 is 1.25 bits per heavy atom. The minimum absolute atomic E-state index is 0. The van der Waals surface area contributed by atoms with Crippen molar-refractivity contribution in [1.82, 2.24) is 0 Å². The summed E-state index contributed by atoms with van der Waals surface area (Å²) in [5.41, 5.74) is 0. The molecular formula is H3AlO2V. The zero-order valence-corrected chi connectivity index (χ0v) is 2.66. The first-order valence-electron chi connectivity index (χ1n) is 0.365. The van der Waals surface area contributed by atoms with Crippen LogP contribution in [0.4, 0.5) is 0 Å². The number of rotatable bonds is 0. The van der Waals surface area contributed by atoms with Crippen molar-refractivity contribution in [2.24, 2.45) is 0 Å². The van der Waals surface area contributed by atoms with E-state index in [0.717, 1.165) is 0 Å². The number of hydrogen-bond acceptors (Lipinski definition) is 2. The molecule has 0 radical (unpaired) electrons. The van der Waals surface area contributed by atoms with Gasteiger partial charge in [-0.2, -0.15) is 0 Å². The Kier molecular flexibility index (Phi) is 20.5. The van der Waals surface area contributed by atoms with E-state index in [9.17, 15) is 0 Å². The Labute approximate surface area is 41.2 Å². The van der Waals surface area contributed by atoms with Gasteiger partial charge >= 0.3 is 23.5 Å². The van der Waals surface area contributed by atoms with Gasteiger partial charge in [0.2, 0.25) is 0 Å². The molecule has 0 aliphatic carbocycles. The molecule has 0 saturated carbocycles. The van der Waals surface area contributed by atoms with Crippen LogP contribution in [0.1, 0.15) is 0 Å². The summed E-state index contributed by atoms with van der Waals surface area (Å²) < 4.78 is 16.9. The first kappa shape index (κ1) is 8.83. The van der Waals surface area contributed by atoms with Gasteiger partial charge in [0.25, 0.3) is 0 Å². The average Bonchev–Trinajstić information content (AvgIpc) is 0.918. The van der Waals surface area contributed by atoms with E-state index < -0.39 is 16.2 Å². The topological polar surface area (TPSA) is 34.1 Å². The molecule has 0 spiro atoms. The summed E-state index contributed by atoms with van der Waals surface area (Å²) in [6.45, 7) is 0. The third kappa shape index (κ3) is 15.6. The summed E-state index contributed by atoms with van der Waals surface area (Å²) in [5.74, 6) is 0. The summed E-state index contributed by atoms with van der Waals surface area (Å²) in [6, 6.07) is 0. The SMILES string of the molecule is [AlH3].[O]=[V]=[O]. The fourth-order valence-corrected chi connectivity index (χ4v) is 0. The van der Waals surface area contributed by atoms with Crippen molar-refractivity contribution in [3.63, 3.8) is 0 Å². The molecule has 0 unspecified atom stereocenters. The maximum absolute atomic E-state index is 8.47. The molecule has 0 aromatic rings. The van der Waals surface area contributed by atoms with Gasteiger partial charge in [0.15, 0.2) is 17.4 Å². The molecule has 23 valence electrons. The van der Waals surface area contributed by atoms with Crippen LogP contribution in [-0.4, -0.2) is 17.4 Å². The summed E-state index contributed by atoms with van der Waals surface area (Å²) in [4.78, 5) is 0. The van der Waals surface area contributed by atoms with E-state index in [-0.39, 0.29) is 17.4 Å². The fraction of sp³-hybridized carbons (Fsp3) is 0. The molecule has 0 aliphatic heterocycles. The Hall–Kier alpha value is 0.717. The molecule has 0 aromatic carbocycles. The van der Waals surface area contributed by atoms with Crippen LogP contribution in [0.15, 0.2) is 0 Å². The van der Waals surface area contributed by atoms with Crippen molar-refractivity contribution < 1.29 is 23.5 Å². The van der Waals surface area contributed by atoms with E-state index in [4.69, 9.17) is 7.35 Å². The van der Waals surface area contributed by atoms with Crippen molar-refractivity contribution in [3.05, 3.63) is 0 Å². The average molecular weight is 113 g/mol. The van der Waals surface area contributed by atoms with Gasteiger partial charge in [0.05, 0.1) is 0 Å². The molecule has 0 atom stereocenters. The Morgan fingerprint density at radius 3 is 1.25 bits per heavy atom. The van der Waals surface area contributed by atoms with Gasteiger partial charge in [-0.25, -0.2) is 0 Å². The van der Waals surface area contributed by atoms with Crippen LogP contribution in [0.5, 0.6) is 0 Å². The number of hydrogen-bond donors (Lipinski definition) is 0. The molecule has 2 nitrogen and oxygen atoms in total. The summed E-state index contributed by atoms with van der Waals surface area (Å²) >= 11 is -1.81. The normalized spacial score (nSPS) is 2.00. The van der Waals surface area contributed by atoms with Crippen LogP contribution in [0.2, 0.25) is 0 Å². The molecule has 0 amide bonds. The molecule has 0 aromatic heterocycles. The molecule has 0 aliphatic rings. The second kappa shape index (κ2) is 9.31. The van der Waals surface area contributed by atoms with Crippen LogP contribution in [-0.2, 0) is 23.5 Å². The van der Waals surface area contributed by atoms with Crippen LogP contribution in [0.3, 0.4) is 0 Å². The summed E-state index contributed by atoms with van der Waals surface area (Å²) in [7, 11) is 0. The summed E-state index contributed by atoms with van der Waals surface area (Å²) in [5, 5.41) is 0. The van der Waals surface area contributed by atoms with Crippen molar-refractivity contribution in [1.29, 1.82) is 0 Å². The van der Waals surface area contributed by atoms with Crippen LogP contribution < -0.4 is 0 Å². The van der Waals surface area contributed by atoms with E-state index in [1.165, 1.54) is 0 Å². The monoisotopic (exact) mass is 113 g/mol. The standard InChI is InChI=1S/Al.2O.V.3H. The van der Waals surface area contributed by atoms with E-state index >= 15 is 0 Å². The van der Waals surface area contributed by atoms with Gasteiger partial charge in [-0.15, -0.1) is 0 Å². The fourth-order valence-electron chi connectivity index (χ4n) is 0. The summed E-state index contributed by atoms with van der Waals surface area (Å²) in [6.07, 6.45) is 0. The molecule has 4 heavy (non-hydrogen) atoms. The van der Waals surface area contributed by atoms with Crippen molar-refractivity contribution in [3.8, 4) is 0 Å². The van der Waals surface area contributed by atoms with Gasteiger partial charge in [0, 0.05) is 0 Å². The zero-order valence-electron chi connectivity index (χ0n) is 1.26. The molecular weight excluding hydrogens is 110 g/mol. The van der Waals surface area contributed by atoms with E-state index in [2.05, 4.69) is 0 Å². The predicted octanol–water partition coefficient (Wildman–Crippen LogP) is -1.42. The first-order valence-corrected chi connectivity index (χ1v) is 1.51. The molecule has 0 fully saturated rings. The van der Waals surface area contributed by atoms with Crippen LogP contribution in [0, 0.1) is 0 Å². The van der Waals surface area contributed by atoms with E-state index in [1.54, 1.807) is 0 Å². The van der Waals surface area contributed by atoms with Gasteiger partial charge in [-0.05, 0) is 0 Å². The second-order valence-corrected chi connectivity index (χ2v) is 0.307. The molecule has 4 heteroatoms. The Bertz CT molecular complexity index is 27.0. The second-order valence-electron chi connectivity index (χ2n) is 0.0745. The molecule has 0 N–H and O–H groups in total. The third-order valence-corrected chi connectivity index (χ3v) is 0. The van der Waals surface area contributed by atoms with Crippen molar-refractivity contribution >= 4 is 17.4 Å². The van der Waals surface area contributed by atoms with Crippen LogP contribution in [0.25, 0.3) is 0 Å². The maximum atomic E-state index is 8.47.